The molecule has 0 aliphatic rings. The number of rotatable bonds is 7. The molecular weight excluding hydrogens is 266 g/mol. The molecule has 0 spiro atoms. The van der Waals surface area contributed by atoms with Crippen LogP contribution in [0.3, 0.4) is 0 Å². The standard InChI is InChI=1S/C12H19N3O3S/c1-9(4-3-5-11(16)17)14-12(18)15(2)6-10-7-19-8-13-10/h7-9H,3-6H2,1-2H3,(H,14,18)(H,16,17). The average molecular weight is 285 g/mol. The van der Waals surface area contributed by atoms with Crippen LogP contribution in [0.1, 0.15) is 31.9 Å². The van der Waals surface area contributed by atoms with Gasteiger partial charge in [0.05, 0.1) is 17.7 Å². The molecule has 0 aromatic carbocycles. The van der Waals surface area contributed by atoms with Crippen LogP contribution in [0.4, 0.5) is 4.79 Å². The highest BCUT2D eigenvalue weighted by atomic mass is 32.1. The lowest BCUT2D eigenvalue weighted by Gasteiger charge is -2.20. The Labute approximate surface area is 116 Å². The van der Waals surface area contributed by atoms with E-state index in [9.17, 15) is 9.59 Å². The zero-order chi connectivity index (χ0) is 14.3. The van der Waals surface area contributed by atoms with Gasteiger partial charge in [0, 0.05) is 24.9 Å². The molecule has 106 valence electrons. The van der Waals surface area contributed by atoms with Crippen molar-refractivity contribution in [3.8, 4) is 0 Å². The Balaban J connectivity index is 2.27. The van der Waals surface area contributed by atoms with Gasteiger partial charge in [-0.3, -0.25) is 4.79 Å². The lowest BCUT2D eigenvalue weighted by molar-refractivity contribution is -0.137. The highest BCUT2D eigenvalue weighted by Crippen LogP contribution is 2.05. The number of hydrogen-bond donors (Lipinski definition) is 2. The molecule has 2 amide bonds. The van der Waals surface area contributed by atoms with E-state index in [-0.39, 0.29) is 18.5 Å². The molecule has 0 aliphatic heterocycles. The largest absolute Gasteiger partial charge is 0.481 e. The fourth-order valence-electron chi connectivity index (χ4n) is 1.58. The van der Waals surface area contributed by atoms with Crippen molar-refractivity contribution in [3.63, 3.8) is 0 Å². The molecule has 1 atom stereocenters. The summed E-state index contributed by atoms with van der Waals surface area (Å²) in [4.78, 5) is 27.9. The van der Waals surface area contributed by atoms with Crippen molar-refractivity contribution >= 4 is 23.3 Å². The van der Waals surface area contributed by atoms with Crippen LogP contribution in [0, 0.1) is 0 Å². The Morgan fingerprint density at radius 3 is 2.89 bits per heavy atom. The van der Waals surface area contributed by atoms with Gasteiger partial charge < -0.3 is 15.3 Å². The molecule has 0 saturated carbocycles. The third-order valence-electron chi connectivity index (χ3n) is 2.63. The van der Waals surface area contributed by atoms with Gasteiger partial charge in [-0.25, -0.2) is 9.78 Å². The number of carboxylic acids is 1. The molecule has 7 heteroatoms. The number of urea groups is 1. The van der Waals surface area contributed by atoms with Gasteiger partial charge in [0.2, 0.25) is 0 Å². The van der Waals surface area contributed by atoms with Crippen molar-refractivity contribution in [3.05, 3.63) is 16.6 Å². The number of aromatic nitrogens is 1. The minimum Gasteiger partial charge on any atom is -0.481 e. The van der Waals surface area contributed by atoms with E-state index in [1.54, 1.807) is 17.5 Å². The lowest BCUT2D eigenvalue weighted by atomic mass is 10.1. The Hall–Kier alpha value is -1.63. The first kappa shape index (κ1) is 15.4. The number of aliphatic carboxylic acids is 1. The summed E-state index contributed by atoms with van der Waals surface area (Å²) in [6.45, 7) is 2.34. The van der Waals surface area contributed by atoms with Crippen LogP contribution in [-0.2, 0) is 11.3 Å². The van der Waals surface area contributed by atoms with E-state index in [4.69, 9.17) is 5.11 Å². The topological polar surface area (TPSA) is 82.5 Å². The van der Waals surface area contributed by atoms with Crippen molar-refractivity contribution in [2.24, 2.45) is 0 Å². The van der Waals surface area contributed by atoms with E-state index in [1.165, 1.54) is 11.3 Å². The molecule has 0 aliphatic carbocycles. The molecule has 19 heavy (non-hydrogen) atoms. The third-order valence-corrected chi connectivity index (χ3v) is 3.26. The maximum Gasteiger partial charge on any atom is 0.317 e. The second-order valence-corrected chi connectivity index (χ2v) is 5.19. The maximum absolute atomic E-state index is 11.9. The Kier molecular flexibility index (Phi) is 6.27. The predicted octanol–water partition coefficient (Wildman–Crippen LogP) is 1.93. The number of carbonyl (C=O) groups is 2. The molecule has 2 N–H and O–H groups in total. The van der Waals surface area contributed by atoms with Crippen molar-refractivity contribution in [1.82, 2.24) is 15.2 Å². The monoisotopic (exact) mass is 285 g/mol. The molecule has 0 radical (unpaired) electrons. The summed E-state index contributed by atoms with van der Waals surface area (Å²) in [6.07, 6.45) is 1.35. The van der Waals surface area contributed by atoms with E-state index in [0.717, 1.165) is 5.69 Å². The van der Waals surface area contributed by atoms with Gasteiger partial charge in [0.1, 0.15) is 0 Å². The summed E-state index contributed by atoms with van der Waals surface area (Å²) in [7, 11) is 1.71. The van der Waals surface area contributed by atoms with Gasteiger partial charge in [-0.1, -0.05) is 0 Å². The summed E-state index contributed by atoms with van der Waals surface area (Å²) in [5, 5.41) is 13.3. The predicted molar refractivity (Wildman–Crippen MR) is 73.1 cm³/mol. The molecule has 1 heterocycles. The Morgan fingerprint density at radius 1 is 1.58 bits per heavy atom. The van der Waals surface area contributed by atoms with Crippen molar-refractivity contribution < 1.29 is 14.7 Å². The van der Waals surface area contributed by atoms with Crippen LogP contribution in [0.5, 0.6) is 0 Å². The second-order valence-electron chi connectivity index (χ2n) is 4.47. The smallest absolute Gasteiger partial charge is 0.317 e. The molecule has 1 rings (SSSR count). The molecule has 1 unspecified atom stereocenters. The molecule has 1 aromatic heterocycles. The van der Waals surface area contributed by atoms with Gasteiger partial charge in [0.25, 0.3) is 0 Å². The summed E-state index contributed by atoms with van der Waals surface area (Å²) >= 11 is 1.50. The average Bonchev–Trinajstić information content (AvgIpc) is 2.81. The number of nitrogens with zero attached hydrogens (tertiary/aromatic N) is 2. The summed E-state index contributed by atoms with van der Waals surface area (Å²) in [6, 6.07) is -0.208. The van der Waals surface area contributed by atoms with Gasteiger partial charge in [-0.15, -0.1) is 11.3 Å². The molecule has 1 aromatic rings. The van der Waals surface area contributed by atoms with Gasteiger partial charge in [-0.2, -0.15) is 0 Å². The van der Waals surface area contributed by atoms with E-state index in [1.807, 2.05) is 12.3 Å². The van der Waals surface area contributed by atoms with Gasteiger partial charge in [0.15, 0.2) is 0 Å². The first-order valence-electron chi connectivity index (χ1n) is 6.09. The highest BCUT2D eigenvalue weighted by molar-refractivity contribution is 7.07. The minimum atomic E-state index is -0.806. The van der Waals surface area contributed by atoms with Crippen molar-refractivity contribution in [2.75, 3.05) is 7.05 Å². The first-order valence-corrected chi connectivity index (χ1v) is 7.03. The fourth-order valence-corrected chi connectivity index (χ4v) is 2.13. The summed E-state index contributed by atoms with van der Waals surface area (Å²) < 4.78 is 0. The van der Waals surface area contributed by atoms with E-state index < -0.39 is 5.97 Å². The number of amides is 2. The Bertz CT molecular complexity index is 408. The van der Waals surface area contributed by atoms with Crippen LogP contribution in [0.2, 0.25) is 0 Å². The molecular formula is C12H19N3O3S. The van der Waals surface area contributed by atoms with E-state index >= 15 is 0 Å². The quantitative estimate of drug-likeness (QED) is 0.802. The SMILES string of the molecule is CC(CCCC(=O)O)NC(=O)N(C)Cc1cscn1. The number of carbonyl (C=O) groups excluding carboxylic acids is 1. The molecule has 0 bridgehead atoms. The number of hydrogen-bond acceptors (Lipinski definition) is 4. The van der Waals surface area contributed by atoms with Crippen molar-refractivity contribution in [2.45, 2.75) is 38.8 Å². The maximum atomic E-state index is 11.9. The Morgan fingerprint density at radius 2 is 2.32 bits per heavy atom. The molecule has 6 nitrogen and oxygen atoms in total. The first-order chi connectivity index (χ1) is 8.99. The number of thiazole rings is 1. The van der Waals surface area contributed by atoms with Gasteiger partial charge >= 0.3 is 12.0 Å². The van der Waals surface area contributed by atoms with Crippen molar-refractivity contribution in [1.29, 1.82) is 0 Å². The van der Waals surface area contributed by atoms with Crippen LogP contribution >= 0.6 is 11.3 Å². The normalized spacial score (nSPS) is 11.9. The number of carboxylic acid groups (broad SMARTS) is 1. The lowest BCUT2D eigenvalue weighted by Crippen LogP contribution is -2.41. The van der Waals surface area contributed by atoms with Crippen LogP contribution in [0.25, 0.3) is 0 Å². The minimum absolute atomic E-state index is 0.0373. The van der Waals surface area contributed by atoms with Crippen LogP contribution in [-0.4, -0.2) is 40.1 Å². The summed E-state index contributed by atoms with van der Waals surface area (Å²) in [5.74, 6) is -0.806. The zero-order valence-electron chi connectivity index (χ0n) is 11.1. The van der Waals surface area contributed by atoms with Crippen LogP contribution < -0.4 is 5.32 Å². The highest BCUT2D eigenvalue weighted by Gasteiger charge is 2.13. The molecule has 0 fully saturated rings. The van der Waals surface area contributed by atoms with Crippen LogP contribution in [0.15, 0.2) is 10.9 Å². The van der Waals surface area contributed by atoms with E-state index in [2.05, 4.69) is 10.3 Å². The van der Waals surface area contributed by atoms with Gasteiger partial charge in [-0.05, 0) is 19.8 Å². The molecule has 0 saturated heterocycles. The summed E-state index contributed by atoms with van der Waals surface area (Å²) in [5.41, 5.74) is 2.59. The number of nitrogens with one attached hydrogen (secondary N) is 1. The zero-order valence-corrected chi connectivity index (χ0v) is 11.9. The second kappa shape index (κ2) is 7.73. The third kappa shape index (κ3) is 6.19. The fraction of sp³-hybridized carbons (Fsp3) is 0.583. The van der Waals surface area contributed by atoms with E-state index in [0.29, 0.717) is 19.4 Å².